The number of carboxylic acid groups (broad SMARTS) is 1. The van der Waals surface area contributed by atoms with Crippen molar-refractivity contribution in [1.29, 1.82) is 0 Å². The summed E-state index contributed by atoms with van der Waals surface area (Å²) in [4.78, 5) is 25.5. The average Bonchev–Trinajstić information content (AvgIpc) is 3.11. The highest BCUT2D eigenvalue weighted by Gasteiger charge is 2.38. The van der Waals surface area contributed by atoms with Gasteiger partial charge in [0.25, 0.3) is 0 Å². The van der Waals surface area contributed by atoms with Crippen LogP contribution in [0.2, 0.25) is 0 Å². The smallest absolute Gasteiger partial charge is 0.475 e. The Morgan fingerprint density at radius 2 is 1.62 bits per heavy atom. The van der Waals surface area contributed by atoms with Gasteiger partial charge in [0.1, 0.15) is 11.6 Å². The van der Waals surface area contributed by atoms with Gasteiger partial charge in [-0.15, -0.1) is 0 Å². The molecular formula is C24H25F6N7O4S. The predicted octanol–water partition coefficient (Wildman–Crippen LogP) is 3.59. The van der Waals surface area contributed by atoms with Crippen LogP contribution >= 0.6 is 0 Å². The highest BCUT2D eigenvalue weighted by molar-refractivity contribution is 7.89. The fourth-order valence-electron chi connectivity index (χ4n) is 3.84. The molecule has 0 saturated heterocycles. The summed E-state index contributed by atoms with van der Waals surface area (Å²) in [6, 6.07) is 8.20. The van der Waals surface area contributed by atoms with Crippen LogP contribution in [0.25, 0.3) is 0 Å². The van der Waals surface area contributed by atoms with E-state index < -0.39 is 33.9 Å². The topological polar surface area (TPSA) is 155 Å². The number of benzene rings is 1. The maximum Gasteiger partial charge on any atom is 0.490 e. The third kappa shape index (κ3) is 8.19. The van der Waals surface area contributed by atoms with Crippen LogP contribution in [0.15, 0.2) is 47.5 Å². The van der Waals surface area contributed by atoms with Gasteiger partial charge in [-0.3, -0.25) is 0 Å². The van der Waals surface area contributed by atoms with Crippen molar-refractivity contribution in [2.45, 2.75) is 30.1 Å². The fraction of sp³-hybridized carbons (Fsp3) is 0.333. The Bertz CT molecular complexity index is 1530. The molecule has 0 amide bonds. The van der Waals surface area contributed by atoms with Crippen molar-refractivity contribution in [3.63, 3.8) is 0 Å². The molecule has 0 aliphatic carbocycles. The van der Waals surface area contributed by atoms with Gasteiger partial charge in [-0.25, -0.2) is 28.3 Å². The highest BCUT2D eigenvalue weighted by atomic mass is 32.2. The number of anilines is 4. The van der Waals surface area contributed by atoms with E-state index >= 15 is 0 Å². The first kappa shape index (κ1) is 32.3. The number of hydrogen-bond acceptors (Lipinski definition) is 9. The van der Waals surface area contributed by atoms with Crippen molar-refractivity contribution >= 4 is 39.3 Å². The molecule has 42 heavy (non-hydrogen) atoms. The molecule has 0 radical (unpaired) electrons. The molecule has 11 nitrogen and oxygen atoms in total. The zero-order valence-electron chi connectivity index (χ0n) is 22.0. The fourth-order valence-corrected chi connectivity index (χ4v) is 4.35. The second-order valence-corrected chi connectivity index (χ2v) is 10.6. The normalized spacial score (nSPS) is 13.8. The van der Waals surface area contributed by atoms with E-state index in [0.29, 0.717) is 36.8 Å². The number of fused-ring (bicyclic) bond motifs is 1. The molecule has 0 unspecified atom stereocenters. The first-order valence-electron chi connectivity index (χ1n) is 11.9. The number of sulfonamides is 1. The maximum absolute atomic E-state index is 13.6. The van der Waals surface area contributed by atoms with Crippen molar-refractivity contribution in [3.05, 3.63) is 59.4 Å². The van der Waals surface area contributed by atoms with E-state index in [2.05, 4.69) is 20.3 Å². The first-order chi connectivity index (χ1) is 19.4. The Balaban J connectivity index is 0.000000616. The van der Waals surface area contributed by atoms with E-state index in [4.69, 9.17) is 15.0 Å². The number of carbonyl (C=O) groups is 1. The lowest BCUT2D eigenvalue weighted by atomic mass is 10.1. The summed E-state index contributed by atoms with van der Waals surface area (Å²) in [6.45, 7) is 0.594. The summed E-state index contributed by atoms with van der Waals surface area (Å²) in [5.41, 5.74) is 1.30. The van der Waals surface area contributed by atoms with E-state index in [0.717, 1.165) is 17.3 Å². The van der Waals surface area contributed by atoms with Crippen molar-refractivity contribution in [2.24, 2.45) is 5.14 Å². The van der Waals surface area contributed by atoms with Crippen LogP contribution < -0.4 is 20.3 Å². The molecule has 18 heteroatoms. The lowest BCUT2D eigenvalue weighted by Crippen LogP contribution is -2.29. The van der Waals surface area contributed by atoms with Gasteiger partial charge in [-0.2, -0.15) is 31.3 Å². The molecule has 0 atom stereocenters. The monoisotopic (exact) mass is 621 g/mol. The Morgan fingerprint density at radius 3 is 2.14 bits per heavy atom. The van der Waals surface area contributed by atoms with E-state index in [1.54, 1.807) is 36.0 Å². The molecule has 1 aromatic carbocycles. The second kappa shape index (κ2) is 12.4. The third-order valence-corrected chi connectivity index (χ3v) is 6.74. The van der Waals surface area contributed by atoms with Crippen molar-refractivity contribution < 1.29 is 44.7 Å². The summed E-state index contributed by atoms with van der Waals surface area (Å²) >= 11 is 0. The Labute approximate surface area is 236 Å². The minimum absolute atomic E-state index is 0.0231. The van der Waals surface area contributed by atoms with Crippen LogP contribution in [-0.4, -0.2) is 67.8 Å². The molecule has 3 aromatic rings. The van der Waals surface area contributed by atoms with Gasteiger partial charge in [0, 0.05) is 51.1 Å². The van der Waals surface area contributed by atoms with Crippen LogP contribution in [0.5, 0.6) is 0 Å². The Hall–Kier alpha value is -4.19. The number of nitrogens with two attached hydrogens (primary N) is 1. The summed E-state index contributed by atoms with van der Waals surface area (Å²) in [6.07, 6.45) is -7.47. The standard InChI is InChI=1S/C22H24F3N7O2S.C2HF3O2/c1-31(2)21-29-18-10-13-32(20-17(22(23,24)25)4-3-11-27-20)12-9-16(18)19(30-21)28-14-5-7-15(8-6-14)35(26,33)34;3-2(4,5)1(6)7/h3-8,11H,9-10,12-13H2,1-2H3,(H2,26,33,34)(H,28,29,30);(H,6,7). The van der Waals surface area contributed by atoms with Crippen molar-refractivity contribution in [1.82, 2.24) is 15.0 Å². The van der Waals surface area contributed by atoms with Gasteiger partial charge < -0.3 is 20.2 Å². The molecule has 3 heterocycles. The molecule has 2 aromatic heterocycles. The highest BCUT2D eigenvalue weighted by Crippen LogP contribution is 2.36. The number of carboxylic acids is 1. The lowest BCUT2D eigenvalue weighted by Gasteiger charge is -2.24. The first-order valence-corrected chi connectivity index (χ1v) is 13.5. The van der Waals surface area contributed by atoms with E-state index in [9.17, 15) is 34.8 Å². The number of nitrogens with one attached hydrogen (secondary N) is 1. The summed E-state index contributed by atoms with van der Waals surface area (Å²) < 4.78 is 95.5. The van der Waals surface area contributed by atoms with Crippen molar-refractivity contribution in [3.8, 4) is 0 Å². The summed E-state index contributed by atoms with van der Waals surface area (Å²) in [7, 11) is -0.247. The van der Waals surface area contributed by atoms with Crippen LogP contribution in [0.3, 0.4) is 0 Å². The molecule has 0 bridgehead atoms. The molecule has 1 aliphatic rings. The number of alkyl halides is 6. The minimum atomic E-state index is -5.08. The number of nitrogens with zero attached hydrogens (tertiary/aromatic N) is 5. The number of rotatable bonds is 5. The number of pyridine rings is 1. The predicted molar refractivity (Wildman–Crippen MR) is 140 cm³/mol. The number of primary sulfonamides is 1. The zero-order valence-corrected chi connectivity index (χ0v) is 22.8. The molecule has 4 N–H and O–H groups in total. The molecular weight excluding hydrogens is 596 g/mol. The number of halogens is 6. The zero-order chi connectivity index (χ0) is 31.5. The lowest BCUT2D eigenvalue weighted by molar-refractivity contribution is -0.192. The van der Waals surface area contributed by atoms with Crippen molar-refractivity contribution in [2.75, 3.05) is 42.3 Å². The van der Waals surface area contributed by atoms with Gasteiger partial charge in [0.2, 0.25) is 16.0 Å². The van der Waals surface area contributed by atoms with E-state index in [1.807, 2.05) is 0 Å². The van der Waals surface area contributed by atoms with Gasteiger partial charge in [-0.1, -0.05) is 0 Å². The van der Waals surface area contributed by atoms with Crippen LogP contribution in [0.1, 0.15) is 16.8 Å². The van der Waals surface area contributed by atoms with Gasteiger partial charge in [-0.05, 0) is 42.8 Å². The van der Waals surface area contributed by atoms with E-state index in [-0.39, 0.29) is 17.3 Å². The van der Waals surface area contributed by atoms with Crippen LogP contribution in [0, 0.1) is 0 Å². The minimum Gasteiger partial charge on any atom is -0.475 e. The van der Waals surface area contributed by atoms with Gasteiger partial charge in [0.05, 0.1) is 16.2 Å². The summed E-state index contributed by atoms with van der Waals surface area (Å²) in [5, 5.41) is 15.5. The average molecular weight is 622 g/mol. The molecule has 1 aliphatic heterocycles. The largest absolute Gasteiger partial charge is 0.490 e. The quantitative estimate of drug-likeness (QED) is 0.360. The van der Waals surface area contributed by atoms with E-state index in [1.165, 1.54) is 24.4 Å². The number of aromatic nitrogens is 3. The molecule has 228 valence electrons. The Morgan fingerprint density at radius 1 is 1.02 bits per heavy atom. The SMILES string of the molecule is CN(C)c1nc2c(c(Nc3ccc(S(N)(=O)=O)cc3)n1)CCN(c1ncccc1C(F)(F)F)CC2.O=C(O)C(F)(F)F. The molecule has 0 spiro atoms. The molecule has 0 fully saturated rings. The number of hydrogen-bond donors (Lipinski definition) is 3. The van der Waals surface area contributed by atoms with Crippen LogP contribution in [-0.2, 0) is 33.8 Å². The summed E-state index contributed by atoms with van der Waals surface area (Å²) in [5.74, 6) is -1.93. The maximum atomic E-state index is 13.6. The second-order valence-electron chi connectivity index (χ2n) is 9.05. The third-order valence-electron chi connectivity index (χ3n) is 5.81. The molecule has 0 saturated carbocycles. The molecule has 4 rings (SSSR count). The van der Waals surface area contributed by atoms with Crippen LogP contribution in [0.4, 0.5) is 49.6 Å². The Kier molecular flexibility index (Phi) is 9.51. The van der Waals surface area contributed by atoms with Gasteiger partial charge in [0.15, 0.2) is 0 Å². The van der Waals surface area contributed by atoms with Gasteiger partial charge >= 0.3 is 18.3 Å². The number of aliphatic carboxylic acids is 1.